The van der Waals surface area contributed by atoms with Crippen LogP contribution in [0.2, 0.25) is 0 Å². The van der Waals surface area contributed by atoms with E-state index in [-0.39, 0.29) is 17.1 Å². The number of fused-ring (bicyclic) bond motifs is 1. The Morgan fingerprint density at radius 1 is 1.23 bits per heavy atom. The van der Waals surface area contributed by atoms with E-state index in [1.807, 2.05) is 20.8 Å². The van der Waals surface area contributed by atoms with Gasteiger partial charge in [0.05, 0.1) is 16.7 Å². The molecule has 118 valence electrons. The standard InChI is InChI=1S/C16H20N2O4/c1-4-22-16(2,3)7-8-17-13(19)10-5-6-11-12(9-10)15(21)18-14(11)20/h5-6,9H,4,7-8H2,1-3H3,(H,17,19)(H,18,20,21). The Hall–Kier alpha value is -2.21. The molecule has 0 aliphatic carbocycles. The summed E-state index contributed by atoms with van der Waals surface area (Å²) in [4.78, 5) is 35.2. The molecule has 2 rings (SSSR count). The minimum atomic E-state index is -0.466. The van der Waals surface area contributed by atoms with E-state index in [0.717, 1.165) is 0 Å². The molecule has 6 nitrogen and oxygen atoms in total. The van der Waals surface area contributed by atoms with Gasteiger partial charge in [0, 0.05) is 18.7 Å². The lowest BCUT2D eigenvalue weighted by molar-refractivity contribution is -0.0153. The summed E-state index contributed by atoms with van der Waals surface area (Å²) in [6.45, 7) is 6.95. The molecule has 2 N–H and O–H groups in total. The molecular weight excluding hydrogens is 284 g/mol. The number of rotatable bonds is 6. The number of carbonyl (C=O) groups is 3. The Balaban J connectivity index is 1.98. The summed E-state index contributed by atoms with van der Waals surface area (Å²) in [5.74, 6) is -1.17. The number of amides is 3. The van der Waals surface area contributed by atoms with Crippen molar-refractivity contribution in [2.45, 2.75) is 32.8 Å². The van der Waals surface area contributed by atoms with Crippen LogP contribution >= 0.6 is 0 Å². The number of imide groups is 1. The van der Waals surface area contributed by atoms with Gasteiger partial charge < -0.3 is 10.1 Å². The number of carbonyl (C=O) groups excluding carboxylic acids is 3. The first-order valence-electron chi connectivity index (χ1n) is 7.26. The number of nitrogens with one attached hydrogen (secondary N) is 2. The van der Waals surface area contributed by atoms with Gasteiger partial charge in [-0.2, -0.15) is 0 Å². The van der Waals surface area contributed by atoms with Crippen molar-refractivity contribution in [2.24, 2.45) is 0 Å². The monoisotopic (exact) mass is 304 g/mol. The van der Waals surface area contributed by atoms with Crippen molar-refractivity contribution in [3.63, 3.8) is 0 Å². The third kappa shape index (κ3) is 3.51. The molecule has 0 saturated carbocycles. The molecule has 1 aliphatic rings. The van der Waals surface area contributed by atoms with Gasteiger partial charge in [-0.15, -0.1) is 0 Å². The van der Waals surface area contributed by atoms with Crippen LogP contribution in [0.3, 0.4) is 0 Å². The number of ether oxygens (including phenoxy) is 1. The van der Waals surface area contributed by atoms with Crippen LogP contribution in [0.15, 0.2) is 18.2 Å². The fourth-order valence-electron chi connectivity index (χ4n) is 2.35. The second kappa shape index (κ2) is 6.27. The maximum Gasteiger partial charge on any atom is 0.258 e. The quantitative estimate of drug-likeness (QED) is 0.780. The molecule has 0 unspecified atom stereocenters. The van der Waals surface area contributed by atoms with Crippen LogP contribution in [0, 0.1) is 0 Å². The lowest BCUT2D eigenvalue weighted by Gasteiger charge is -2.24. The van der Waals surface area contributed by atoms with Crippen LogP contribution in [-0.4, -0.2) is 36.5 Å². The van der Waals surface area contributed by atoms with Crippen molar-refractivity contribution >= 4 is 17.7 Å². The van der Waals surface area contributed by atoms with E-state index >= 15 is 0 Å². The summed E-state index contributed by atoms with van der Waals surface area (Å²) >= 11 is 0. The highest BCUT2D eigenvalue weighted by molar-refractivity contribution is 6.22. The van der Waals surface area contributed by atoms with Gasteiger partial charge >= 0.3 is 0 Å². The van der Waals surface area contributed by atoms with Crippen molar-refractivity contribution in [1.82, 2.24) is 10.6 Å². The Morgan fingerprint density at radius 3 is 2.59 bits per heavy atom. The van der Waals surface area contributed by atoms with Crippen LogP contribution in [0.1, 0.15) is 58.3 Å². The zero-order valence-corrected chi connectivity index (χ0v) is 13.0. The first kappa shape index (κ1) is 16.2. The predicted molar refractivity (Wildman–Crippen MR) is 80.9 cm³/mol. The molecule has 0 atom stereocenters. The van der Waals surface area contributed by atoms with Crippen molar-refractivity contribution in [3.8, 4) is 0 Å². The molecule has 1 aromatic rings. The second-order valence-corrected chi connectivity index (χ2v) is 5.74. The van der Waals surface area contributed by atoms with Crippen LogP contribution < -0.4 is 10.6 Å². The van der Waals surface area contributed by atoms with Crippen LogP contribution in [-0.2, 0) is 4.74 Å². The summed E-state index contributed by atoms with van der Waals surface area (Å²) in [6.07, 6.45) is 0.677. The Kier molecular flexibility index (Phi) is 4.61. The fourth-order valence-corrected chi connectivity index (χ4v) is 2.35. The van der Waals surface area contributed by atoms with Gasteiger partial charge in [-0.25, -0.2) is 0 Å². The van der Waals surface area contributed by atoms with Gasteiger partial charge in [0.2, 0.25) is 0 Å². The number of hydrogen-bond acceptors (Lipinski definition) is 4. The molecule has 1 aromatic carbocycles. The van der Waals surface area contributed by atoms with E-state index in [2.05, 4.69) is 10.6 Å². The molecule has 1 aliphatic heterocycles. The predicted octanol–water partition coefficient (Wildman–Crippen LogP) is 1.51. The van der Waals surface area contributed by atoms with Crippen LogP contribution in [0.5, 0.6) is 0 Å². The topological polar surface area (TPSA) is 84.5 Å². The first-order valence-corrected chi connectivity index (χ1v) is 7.26. The van der Waals surface area contributed by atoms with Gasteiger partial charge in [0.15, 0.2) is 0 Å². The summed E-state index contributed by atoms with van der Waals surface area (Å²) < 4.78 is 5.56. The highest BCUT2D eigenvalue weighted by Gasteiger charge is 2.27. The van der Waals surface area contributed by atoms with E-state index in [1.165, 1.54) is 12.1 Å². The van der Waals surface area contributed by atoms with Gasteiger partial charge in [0.25, 0.3) is 17.7 Å². The van der Waals surface area contributed by atoms with Crippen molar-refractivity contribution in [2.75, 3.05) is 13.2 Å². The smallest absolute Gasteiger partial charge is 0.258 e. The van der Waals surface area contributed by atoms with Gasteiger partial charge in [0.1, 0.15) is 0 Å². The van der Waals surface area contributed by atoms with Crippen LogP contribution in [0.25, 0.3) is 0 Å². The minimum Gasteiger partial charge on any atom is -0.376 e. The largest absolute Gasteiger partial charge is 0.376 e. The van der Waals surface area contributed by atoms with E-state index in [1.54, 1.807) is 6.07 Å². The number of benzene rings is 1. The highest BCUT2D eigenvalue weighted by atomic mass is 16.5. The van der Waals surface area contributed by atoms with Crippen LogP contribution in [0.4, 0.5) is 0 Å². The highest BCUT2D eigenvalue weighted by Crippen LogP contribution is 2.17. The molecule has 22 heavy (non-hydrogen) atoms. The average molecular weight is 304 g/mol. The Bertz CT molecular complexity index is 623. The lowest BCUT2D eigenvalue weighted by atomic mass is 10.0. The Morgan fingerprint density at radius 2 is 1.91 bits per heavy atom. The first-order chi connectivity index (χ1) is 10.3. The second-order valence-electron chi connectivity index (χ2n) is 5.74. The van der Waals surface area contributed by atoms with E-state index in [4.69, 9.17) is 4.74 Å². The molecule has 0 saturated heterocycles. The summed E-state index contributed by atoms with van der Waals surface area (Å²) in [7, 11) is 0. The maximum absolute atomic E-state index is 12.1. The van der Waals surface area contributed by atoms with E-state index in [9.17, 15) is 14.4 Å². The number of hydrogen-bond donors (Lipinski definition) is 2. The minimum absolute atomic E-state index is 0.243. The maximum atomic E-state index is 12.1. The average Bonchev–Trinajstić information content (AvgIpc) is 2.73. The Labute approximate surface area is 129 Å². The fraction of sp³-hybridized carbons (Fsp3) is 0.438. The molecule has 0 bridgehead atoms. The molecule has 0 radical (unpaired) electrons. The van der Waals surface area contributed by atoms with Crippen molar-refractivity contribution in [1.29, 1.82) is 0 Å². The molecule has 0 spiro atoms. The summed E-state index contributed by atoms with van der Waals surface area (Å²) in [5, 5.41) is 4.99. The summed E-state index contributed by atoms with van der Waals surface area (Å²) in [6, 6.07) is 4.48. The molecule has 0 aromatic heterocycles. The van der Waals surface area contributed by atoms with Crippen molar-refractivity contribution in [3.05, 3.63) is 34.9 Å². The van der Waals surface area contributed by atoms with E-state index < -0.39 is 11.8 Å². The molecule has 6 heteroatoms. The van der Waals surface area contributed by atoms with Crippen molar-refractivity contribution < 1.29 is 19.1 Å². The normalized spacial score (nSPS) is 13.8. The zero-order chi connectivity index (χ0) is 16.3. The molecule has 0 fully saturated rings. The molecule has 1 heterocycles. The van der Waals surface area contributed by atoms with Gasteiger partial charge in [-0.05, 0) is 45.4 Å². The van der Waals surface area contributed by atoms with Gasteiger partial charge in [-0.1, -0.05) is 0 Å². The molecule has 3 amide bonds. The van der Waals surface area contributed by atoms with Gasteiger partial charge in [-0.3, -0.25) is 19.7 Å². The van der Waals surface area contributed by atoms with E-state index in [0.29, 0.717) is 30.7 Å². The lowest BCUT2D eigenvalue weighted by Crippen LogP contribution is -2.33. The SMILES string of the molecule is CCOC(C)(C)CCNC(=O)c1ccc2c(c1)C(=O)NC2=O. The molecular formula is C16H20N2O4. The summed E-state index contributed by atoms with van der Waals surface area (Å²) in [5.41, 5.74) is 0.607. The zero-order valence-electron chi connectivity index (χ0n) is 13.0. The third-order valence-electron chi connectivity index (χ3n) is 3.55. The third-order valence-corrected chi connectivity index (χ3v) is 3.55.